The van der Waals surface area contributed by atoms with E-state index in [2.05, 4.69) is 10.3 Å². The van der Waals surface area contributed by atoms with Gasteiger partial charge in [0, 0.05) is 18.2 Å². The molecule has 3 heterocycles. The van der Waals surface area contributed by atoms with Gasteiger partial charge in [-0.15, -0.1) is 0 Å². The van der Waals surface area contributed by atoms with Crippen LogP contribution in [-0.2, 0) is 15.1 Å². The lowest BCUT2D eigenvalue weighted by Crippen LogP contribution is -2.56. The standard InChI is InChI=1S/C24H25ClN6O3/c1-14-11-16(9-10-34-14)31-20(32)12-24(2,30-23(31)27)17-6-4-7-18(21(17)25)29-22(33)19-8-3-5-15(13-26)28-19/h3-8,14,16H,9-12H2,1-2H3,(H2,27,30)(H,29,33)/t14-,16-,24+/m1/s1. The number of pyridine rings is 1. The van der Waals surface area contributed by atoms with Gasteiger partial charge in [-0.25, -0.2) is 9.98 Å². The van der Waals surface area contributed by atoms with E-state index in [1.54, 1.807) is 36.1 Å². The van der Waals surface area contributed by atoms with Crippen LogP contribution in [0.5, 0.6) is 0 Å². The van der Waals surface area contributed by atoms with Gasteiger partial charge in [-0.1, -0.05) is 29.8 Å². The molecule has 3 atom stereocenters. The number of amides is 2. The minimum absolute atomic E-state index is 0.0470. The molecule has 0 unspecified atom stereocenters. The molecule has 0 radical (unpaired) electrons. The van der Waals surface area contributed by atoms with Crippen LogP contribution in [0.4, 0.5) is 5.69 Å². The van der Waals surface area contributed by atoms with Crippen molar-refractivity contribution in [2.45, 2.75) is 50.8 Å². The lowest BCUT2D eigenvalue weighted by molar-refractivity contribution is -0.133. The van der Waals surface area contributed by atoms with Crippen molar-refractivity contribution in [3.8, 4) is 6.07 Å². The SMILES string of the molecule is C[C@@H]1C[C@H](N2C(=O)C[C@@](C)(c3cccc(NC(=O)c4cccc(C#N)n4)c3Cl)N=C2N)CCO1. The van der Waals surface area contributed by atoms with Crippen molar-refractivity contribution in [3.05, 3.63) is 58.4 Å². The molecule has 2 aromatic rings. The van der Waals surface area contributed by atoms with Gasteiger partial charge in [0.1, 0.15) is 17.5 Å². The van der Waals surface area contributed by atoms with Crippen molar-refractivity contribution in [2.24, 2.45) is 10.7 Å². The highest BCUT2D eigenvalue weighted by Gasteiger charge is 2.42. The molecule has 1 saturated heterocycles. The van der Waals surface area contributed by atoms with Crippen LogP contribution in [-0.4, -0.2) is 46.4 Å². The molecule has 3 N–H and O–H groups in total. The number of nitrogens with one attached hydrogen (secondary N) is 1. The van der Waals surface area contributed by atoms with Gasteiger partial charge in [0.15, 0.2) is 5.96 Å². The van der Waals surface area contributed by atoms with E-state index in [4.69, 9.17) is 32.3 Å². The molecule has 1 aromatic heterocycles. The van der Waals surface area contributed by atoms with E-state index in [1.807, 2.05) is 13.0 Å². The van der Waals surface area contributed by atoms with E-state index in [9.17, 15) is 9.59 Å². The summed E-state index contributed by atoms with van der Waals surface area (Å²) < 4.78 is 5.59. The molecule has 0 aliphatic carbocycles. The van der Waals surface area contributed by atoms with Gasteiger partial charge in [-0.05, 0) is 44.9 Å². The number of nitrogens with zero attached hydrogens (tertiary/aromatic N) is 4. The maximum Gasteiger partial charge on any atom is 0.274 e. The molecule has 0 spiro atoms. The summed E-state index contributed by atoms with van der Waals surface area (Å²) in [5, 5.41) is 12.0. The van der Waals surface area contributed by atoms with Crippen LogP contribution in [0.3, 0.4) is 0 Å². The Balaban J connectivity index is 1.61. The Hall–Kier alpha value is -3.48. The molecule has 2 aliphatic heterocycles. The predicted molar refractivity (Wildman–Crippen MR) is 127 cm³/mol. The highest BCUT2D eigenvalue weighted by atomic mass is 35.5. The summed E-state index contributed by atoms with van der Waals surface area (Å²) >= 11 is 6.68. The number of aromatic nitrogens is 1. The number of carbonyl (C=O) groups excluding carboxylic acids is 2. The van der Waals surface area contributed by atoms with Gasteiger partial charge >= 0.3 is 0 Å². The second kappa shape index (κ2) is 9.41. The number of halogens is 1. The molecule has 2 amide bonds. The number of nitriles is 1. The molecule has 4 rings (SSSR count). The molecule has 0 saturated carbocycles. The predicted octanol–water partition coefficient (Wildman–Crippen LogP) is 3.19. The number of aliphatic imine (C=N–C) groups is 1. The van der Waals surface area contributed by atoms with E-state index in [0.717, 1.165) is 0 Å². The van der Waals surface area contributed by atoms with Crippen molar-refractivity contribution >= 4 is 35.1 Å². The quantitative estimate of drug-likeness (QED) is 0.690. The van der Waals surface area contributed by atoms with E-state index in [-0.39, 0.29) is 46.8 Å². The fourth-order valence-corrected chi connectivity index (χ4v) is 4.84. The minimum Gasteiger partial charge on any atom is -0.378 e. The van der Waals surface area contributed by atoms with Crippen molar-refractivity contribution in [1.29, 1.82) is 5.26 Å². The number of benzene rings is 1. The molecule has 1 fully saturated rings. The first kappa shape index (κ1) is 23.7. The largest absolute Gasteiger partial charge is 0.378 e. The first-order valence-electron chi connectivity index (χ1n) is 11.0. The second-order valence-corrected chi connectivity index (χ2v) is 9.06. The summed E-state index contributed by atoms with van der Waals surface area (Å²) in [7, 11) is 0. The summed E-state index contributed by atoms with van der Waals surface area (Å²) in [6, 6.07) is 11.6. The minimum atomic E-state index is -0.995. The Kier molecular flexibility index (Phi) is 6.55. The third-order valence-corrected chi connectivity index (χ3v) is 6.53. The molecule has 34 heavy (non-hydrogen) atoms. The average Bonchev–Trinajstić information content (AvgIpc) is 2.80. The Morgan fingerprint density at radius 2 is 2.12 bits per heavy atom. The molecule has 2 aliphatic rings. The van der Waals surface area contributed by atoms with Crippen LogP contribution < -0.4 is 11.1 Å². The average molecular weight is 481 g/mol. The van der Waals surface area contributed by atoms with Crippen LogP contribution in [0, 0.1) is 11.3 Å². The van der Waals surface area contributed by atoms with Crippen molar-refractivity contribution in [3.63, 3.8) is 0 Å². The summed E-state index contributed by atoms with van der Waals surface area (Å²) in [4.78, 5) is 36.2. The number of hydrogen-bond donors (Lipinski definition) is 2. The Morgan fingerprint density at radius 3 is 2.82 bits per heavy atom. The Labute approximate surface area is 202 Å². The van der Waals surface area contributed by atoms with Crippen LogP contribution >= 0.6 is 11.6 Å². The number of anilines is 1. The highest BCUT2D eigenvalue weighted by Crippen LogP contribution is 2.41. The third-order valence-electron chi connectivity index (χ3n) is 6.12. The Bertz CT molecular complexity index is 1210. The highest BCUT2D eigenvalue weighted by molar-refractivity contribution is 6.35. The fraction of sp³-hybridized carbons (Fsp3) is 0.375. The number of nitrogens with two attached hydrogens (primary N) is 1. The monoisotopic (exact) mass is 480 g/mol. The molecule has 176 valence electrons. The smallest absolute Gasteiger partial charge is 0.274 e. The first-order chi connectivity index (χ1) is 16.2. The van der Waals surface area contributed by atoms with Crippen LogP contribution in [0.25, 0.3) is 0 Å². The van der Waals surface area contributed by atoms with Gasteiger partial charge < -0.3 is 15.8 Å². The summed E-state index contributed by atoms with van der Waals surface area (Å²) in [5.74, 6) is -0.484. The molecule has 0 bridgehead atoms. The molecule has 9 nitrogen and oxygen atoms in total. The van der Waals surface area contributed by atoms with Crippen LogP contribution in [0.1, 0.15) is 54.9 Å². The summed E-state index contributed by atoms with van der Waals surface area (Å²) in [5.41, 5.74) is 6.44. The zero-order chi connectivity index (χ0) is 24.5. The van der Waals surface area contributed by atoms with E-state index in [0.29, 0.717) is 30.7 Å². The van der Waals surface area contributed by atoms with E-state index in [1.165, 1.54) is 12.1 Å². The topological polar surface area (TPSA) is 134 Å². The van der Waals surface area contributed by atoms with Crippen molar-refractivity contribution < 1.29 is 14.3 Å². The van der Waals surface area contributed by atoms with Crippen molar-refractivity contribution in [1.82, 2.24) is 9.88 Å². The van der Waals surface area contributed by atoms with Crippen LogP contribution in [0.15, 0.2) is 41.4 Å². The lowest BCUT2D eigenvalue weighted by atomic mass is 9.86. The number of hydrogen-bond acceptors (Lipinski definition) is 7. The zero-order valence-electron chi connectivity index (χ0n) is 18.9. The normalized spacial score (nSPS) is 24.8. The van der Waals surface area contributed by atoms with Gasteiger partial charge in [0.05, 0.1) is 28.8 Å². The maximum atomic E-state index is 13.2. The molecule has 1 aromatic carbocycles. The number of ether oxygens (including phenoxy) is 1. The lowest BCUT2D eigenvalue weighted by Gasteiger charge is -2.41. The van der Waals surface area contributed by atoms with Gasteiger partial charge in [-0.2, -0.15) is 5.26 Å². The number of rotatable bonds is 4. The molecule has 10 heteroatoms. The molecular formula is C24H25ClN6O3. The fourth-order valence-electron chi connectivity index (χ4n) is 4.46. The second-order valence-electron chi connectivity index (χ2n) is 8.69. The number of carbonyl (C=O) groups is 2. The van der Waals surface area contributed by atoms with Gasteiger partial charge in [0.25, 0.3) is 5.91 Å². The maximum absolute atomic E-state index is 13.2. The summed E-state index contributed by atoms with van der Waals surface area (Å²) in [6.07, 6.45) is 1.53. The van der Waals surface area contributed by atoms with Gasteiger partial charge in [0.2, 0.25) is 5.91 Å². The third kappa shape index (κ3) is 4.60. The van der Waals surface area contributed by atoms with Crippen molar-refractivity contribution in [2.75, 3.05) is 11.9 Å². The van der Waals surface area contributed by atoms with E-state index >= 15 is 0 Å². The zero-order valence-corrected chi connectivity index (χ0v) is 19.7. The Morgan fingerprint density at radius 1 is 1.35 bits per heavy atom. The van der Waals surface area contributed by atoms with Gasteiger partial charge in [-0.3, -0.25) is 14.5 Å². The van der Waals surface area contributed by atoms with E-state index < -0.39 is 11.4 Å². The molecular weight excluding hydrogens is 456 g/mol. The van der Waals surface area contributed by atoms with Crippen LogP contribution in [0.2, 0.25) is 5.02 Å². The summed E-state index contributed by atoms with van der Waals surface area (Å²) in [6.45, 7) is 4.34. The number of guanidine groups is 1. The first-order valence-corrected chi connectivity index (χ1v) is 11.4.